The van der Waals surface area contributed by atoms with Gasteiger partial charge in [0, 0.05) is 0 Å². The van der Waals surface area contributed by atoms with E-state index in [2.05, 4.69) is 101 Å². The van der Waals surface area contributed by atoms with E-state index in [0.29, 0.717) is 0 Å². The highest BCUT2D eigenvalue weighted by Gasteiger charge is 2.15. The normalized spacial score (nSPS) is 13.7. The van der Waals surface area contributed by atoms with Gasteiger partial charge in [-0.05, 0) is 40.2 Å². The van der Waals surface area contributed by atoms with Crippen molar-refractivity contribution in [3.63, 3.8) is 0 Å². The summed E-state index contributed by atoms with van der Waals surface area (Å²) >= 11 is 0. The SMILES string of the molecule is Cc1ccc(C(=C2C=CC=C2)c2ccc(C(C)(C)C)cc2)cc1. The average molecular weight is 300 g/mol. The minimum Gasteiger partial charge on any atom is -0.0616 e. The Morgan fingerprint density at radius 2 is 1.17 bits per heavy atom. The second kappa shape index (κ2) is 6.04. The van der Waals surface area contributed by atoms with Crippen LogP contribution in [0.5, 0.6) is 0 Å². The first-order valence-corrected chi connectivity index (χ1v) is 8.22. The fourth-order valence-corrected chi connectivity index (χ4v) is 2.90. The van der Waals surface area contributed by atoms with Crippen molar-refractivity contribution in [3.05, 3.63) is 101 Å². The molecule has 0 aromatic heterocycles. The number of rotatable bonds is 2. The van der Waals surface area contributed by atoms with Gasteiger partial charge >= 0.3 is 0 Å². The third-order valence-electron chi connectivity index (χ3n) is 4.33. The highest BCUT2D eigenvalue weighted by atomic mass is 14.2. The zero-order chi connectivity index (χ0) is 16.4. The first kappa shape index (κ1) is 15.6. The van der Waals surface area contributed by atoms with Gasteiger partial charge in [0.15, 0.2) is 0 Å². The lowest BCUT2D eigenvalue weighted by Gasteiger charge is -2.20. The summed E-state index contributed by atoms with van der Waals surface area (Å²) in [5, 5.41) is 0. The van der Waals surface area contributed by atoms with Crippen molar-refractivity contribution in [1.29, 1.82) is 0 Å². The number of hydrogen-bond acceptors (Lipinski definition) is 0. The Morgan fingerprint density at radius 3 is 1.65 bits per heavy atom. The number of benzene rings is 2. The average Bonchev–Trinajstić information content (AvgIpc) is 3.03. The molecule has 0 aliphatic heterocycles. The Morgan fingerprint density at radius 1 is 0.696 bits per heavy atom. The fraction of sp³-hybridized carbons (Fsp3) is 0.217. The Bertz CT molecular complexity index is 759. The largest absolute Gasteiger partial charge is 0.0616 e. The van der Waals surface area contributed by atoms with E-state index in [1.165, 1.54) is 33.4 Å². The number of allylic oxidation sites excluding steroid dienone is 5. The Hall–Kier alpha value is -2.34. The Balaban J connectivity index is 2.10. The Labute approximate surface area is 139 Å². The standard InChI is InChI=1S/C23H24/c1-17-9-11-19(12-10-17)22(18-7-5-6-8-18)20-13-15-21(16-14-20)23(2,3)4/h5-16H,1-4H3. The van der Waals surface area contributed by atoms with Crippen LogP contribution < -0.4 is 0 Å². The predicted molar refractivity (Wildman–Crippen MR) is 101 cm³/mol. The third-order valence-corrected chi connectivity index (χ3v) is 4.33. The topological polar surface area (TPSA) is 0 Å². The molecule has 0 radical (unpaired) electrons. The molecule has 1 aliphatic carbocycles. The molecule has 116 valence electrons. The highest BCUT2D eigenvalue weighted by molar-refractivity contribution is 5.86. The molecule has 0 nitrogen and oxygen atoms in total. The minimum atomic E-state index is 0.183. The van der Waals surface area contributed by atoms with Gasteiger partial charge in [-0.25, -0.2) is 0 Å². The molecule has 0 heteroatoms. The van der Waals surface area contributed by atoms with Crippen LogP contribution >= 0.6 is 0 Å². The summed E-state index contributed by atoms with van der Waals surface area (Å²) in [7, 11) is 0. The van der Waals surface area contributed by atoms with Crippen LogP contribution in [0, 0.1) is 6.92 Å². The van der Waals surface area contributed by atoms with E-state index in [-0.39, 0.29) is 5.41 Å². The minimum absolute atomic E-state index is 0.183. The molecule has 2 aromatic carbocycles. The molecule has 0 N–H and O–H groups in total. The monoisotopic (exact) mass is 300 g/mol. The van der Waals surface area contributed by atoms with Crippen molar-refractivity contribution in [2.45, 2.75) is 33.1 Å². The zero-order valence-corrected chi connectivity index (χ0v) is 14.4. The molecule has 0 bridgehead atoms. The second-order valence-corrected chi connectivity index (χ2v) is 7.24. The van der Waals surface area contributed by atoms with Crippen LogP contribution in [0.15, 0.2) is 78.4 Å². The van der Waals surface area contributed by atoms with Gasteiger partial charge in [0.25, 0.3) is 0 Å². The van der Waals surface area contributed by atoms with E-state index in [1.54, 1.807) is 0 Å². The maximum Gasteiger partial charge on any atom is -0.00389 e. The van der Waals surface area contributed by atoms with Crippen LogP contribution in [0.2, 0.25) is 0 Å². The van der Waals surface area contributed by atoms with Gasteiger partial charge in [-0.15, -0.1) is 0 Å². The van der Waals surface area contributed by atoms with Crippen LogP contribution in [0.4, 0.5) is 0 Å². The van der Waals surface area contributed by atoms with Crippen LogP contribution in [-0.4, -0.2) is 0 Å². The molecule has 0 amide bonds. The van der Waals surface area contributed by atoms with Crippen molar-refractivity contribution in [1.82, 2.24) is 0 Å². The van der Waals surface area contributed by atoms with E-state index < -0.39 is 0 Å². The maximum atomic E-state index is 2.26. The quantitative estimate of drug-likeness (QED) is 0.617. The van der Waals surface area contributed by atoms with Gasteiger partial charge in [0.2, 0.25) is 0 Å². The van der Waals surface area contributed by atoms with E-state index in [0.717, 1.165) is 0 Å². The zero-order valence-electron chi connectivity index (χ0n) is 14.4. The lowest BCUT2D eigenvalue weighted by molar-refractivity contribution is 0.590. The molecule has 0 saturated carbocycles. The Kier molecular flexibility index (Phi) is 4.09. The fourth-order valence-electron chi connectivity index (χ4n) is 2.90. The first-order valence-electron chi connectivity index (χ1n) is 8.22. The van der Waals surface area contributed by atoms with Crippen LogP contribution in [0.1, 0.15) is 43.0 Å². The van der Waals surface area contributed by atoms with Crippen molar-refractivity contribution >= 4 is 5.57 Å². The van der Waals surface area contributed by atoms with Crippen LogP contribution in [0.25, 0.3) is 5.57 Å². The molecule has 0 heterocycles. The summed E-state index contributed by atoms with van der Waals surface area (Å²) in [5.41, 5.74) is 7.96. The number of aryl methyl sites for hydroxylation is 1. The predicted octanol–water partition coefficient (Wildman–Crippen LogP) is 6.22. The summed E-state index contributed by atoms with van der Waals surface area (Å²) < 4.78 is 0. The molecule has 0 saturated heterocycles. The smallest absolute Gasteiger partial charge is 0.00389 e. The van der Waals surface area contributed by atoms with E-state index in [4.69, 9.17) is 0 Å². The van der Waals surface area contributed by atoms with Crippen molar-refractivity contribution in [2.24, 2.45) is 0 Å². The van der Waals surface area contributed by atoms with Crippen molar-refractivity contribution in [2.75, 3.05) is 0 Å². The molecule has 2 aromatic rings. The summed E-state index contributed by atoms with van der Waals surface area (Å²) in [4.78, 5) is 0. The van der Waals surface area contributed by atoms with Gasteiger partial charge in [-0.2, -0.15) is 0 Å². The van der Waals surface area contributed by atoms with E-state index in [9.17, 15) is 0 Å². The second-order valence-electron chi connectivity index (χ2n) is 7.24. The summed E-state index contributed by atoms with van der Waals surface area (Å²) in [6, 6.07) is 17.8. The van der Waals surface area contributed by atoms with Gasteiger partial charge in [-0.1, -0.05) is 99.2 Å². The first-order chi connectivity index (χ1) is 10.9. The molecule has 0 atom stereocenters. The summed E-state index contributed by atoms with van der Waals surface area (Å²) in [6.07, 6.45) is 8.58. The molecule has 0 unspecified atom stereocenters. The van der Waals surface area contributed by atoms with Gasteiger partial charge < -0.3 is 0 Å². The maximum absolute atomic E-state index is 2.26. The van der Waals surface area contributed by atoms with Gasteiger partial charge in [0.1, 0.15) is 0 Å². The summed E-state index contributed by atoms with van der Waals surface area (Å²) in [6.45, 7) is 8.89. The van der Waals surface area contributed by atoms with E-state index >= 15 is 0 Å². The van der Waals surface area contributed by atoms with E-state index in [1.807, 2.05) is 0 Å². The summed E-state index contributed by atoms with van der Waals surface area (Å²) in [5.74, 6) is 0. The van der Waals surface area contributed by atoms with Crippen molar-refractivity contribution < 1.29 is 0 Å². The molecular formula is C23H24. The molecule has 0 fully saturated rings. The molecule has 23 heavy (non-hydrogen) atoms. The van der Waals surface area contributed by atoms with Gasteiger partial charge in [0.05, 0.1) is 0 Å². The molecule has 3 rings (SSSR count). The van der Waals surface area contributed by atoms with Crippen molar-refractivity contribution in [3.8, 4) is 0 Å². The highest BCUT2D eigenvalue weighted by Crippen LogP contribution is 2.32. The molecule has 1 aliphatic rings. The number of hydrogen-bond donors (Lipinski definition) is 0. The van der Waals surface area contributed by atoms with Crippen LogP contribution in [0.3, 0.4) is 0 Å². The lowest BCUT2D eigenvalue weighted by atomic mass is 9.85. The molecular weight excluding hydrogens is 276 g/mol. The third kappa shape index (κ3) is 3.37. The lowest BCUT2D eigenvalue weighted by Crippen LogP contribution is -2.10. The van der Waals surface area contributed by atoms with Gasteiger partial charge in [-0.3, -0.25) is 0 Å². The molecule has 0 spiro atoms. The van der Waals surface area contributed by atoms with Crippen LogP contribution in [-0.2, 0) is 5.41 Å².